The molecule has 0 radical (unpaired) electrons. The average Bonchev–Trinajstić information content (AvgIpc) is 3.57. The summed E-state index contributed by atoms with van der Waals surface area (Å²) < 4.78 is 49.8. The first-order valence-corrected chi connectivity index (χ1v) is 16.9. The van der Waals surface area contributed by atoms with Crippen LogP contribution in [0.5, 0.6) is 5.75 Å². The third-order valence-electron chi connectivity index (χ3n) is 7.47. The van der Waals surface area contributed by atoms with Gasteiger partial charge in [0.1, 0.15) is 23.9 Å². The molecule has 1 aromatic heterocycles. The van der Waals surface area contributed by atoms with Crippen LogP contribution in [0, 0.1) is 5.82 Å². The highest BCUT2D eigenvalue weighted by Gasteiger charge is 2.33. The summed E-state index contributed by atoms with van der Waals surface area (Å²) in [5.74, 6) is 0.361. The van der Waals surface area contributed by atoms with Crippen molar-refractivity contribution in [1.82, 2.24) is 14.3 Å². The number of rotatable bonds is 10. The topological polar surface area (TPSA) is 93.5 Å². The number of aromatic nitrogens is 2. The van der Waals surface area contributed by atoms with Gasteiger partial charge in [-0.3, -0.25) is 4.79 Å². The fourth-order valence-corrected chi connectivity index (χ4v) is 6.79. The van der Waals surface area contributed by atoms with Gasteiger partial charge in [0.2, 0.25) is 0 Å². The van der Waals surface area contributed by atoms with Gasteiger partial charge in [-0.05, 0) is 77.7 Å². The first-order valence-electron chi connectivity index (χ1n) is 14.8. The smallest absolute Gasteiger partial charge is 0.326 e. The molecule has 0 aliphatic carbocycles. The van der Waals surface area contributed by atoms with Crippen LogP contribution in [0.15, 0.2) is 91.1 Å². The molecule has 5 aromatic rings. The van der Waals surface area contributed by atoms with Gasteiger partial charge in [0.15, 0.2) is 0 Å². The summed E-state index contributed by atoms with van der Waals surface area (Å²) in [7, 11) is -3.90. The Morgan fingerprint density at radius 2 is 1.72 bits per heavy atom. The van der Waals surface area contributed by atoms with Crippen molar-refractivity contribution in [2.75, 3.05) is 17.5 Å². The van der Waals surface area contributed by atoms with Crippen molar-refractivity contribution in [2.24, 2.45) is 0 Å². The zero-order chi connectivity index (χ0) is 33.1. The zero-order valence-corrected chi connectivity index (χ0v) is 27.5. The van der Waals surface area contributed by atoms with Crippen molar-refractivity contribution in [2.45, 2.75) is 19.9 Å². The van der Waals surface area contributed by atoms with Gasteiger partial charge in [0.25, 0.3) is 5.91 Å². The molecule has 240 valence electrons. The van der Waals surface area contributed by atoms with Crippen LogP contribution in [0.2, 0.25) is 10.0 Å². The maximum atomic E-state index is 14.7. The van der Waals surface area contributed by atoms with Gasteiger partial charge in [0, 0.05) is 28.9 Å². The Morgan fingerprint density at radius 3 is 2.40 bits per heavy atom. The van der Waals surface area contributed by atoms with Gasteiger partial charge in [-0.25, -0.2) is 18.4 Å². The lowest BCUT2D eigenvalue weighted by Crippen LogP contribution is -2.29. The zero-order valence-electron chi connectivity index (χ0n) is 25.2. The molecule has 1 N–H and O–H groups in total. The molecule has 1 fully saturated rings. The molecule has 0 saturated carbocycles. The predicted molar refractivity (Wildman–Crippen MR) is 184 cm³/mol. The molecule has 4 aromatic carbocycles. The quantitative estimate of drug-likeness (QED) is 0.161. The Kier molecular flexibility index (Phi) is 9.35. The minimum absolute atomic E-state index is 0.265. The van der Waals surface area contributed by atoms with Crippen molar-refractivity contribution in [3.05, 3.63) is 124 Å². The third-order valence-corrected chi connectivity index (χ3v) is 9.42. The van der Waals surface area contributed by atoms with Gasteiger partial charge in [-0.1, -0.05) is 72.6 Å². The van der Waals surface area contributed by atoms with Crippen LogP contribution < -0.4 is 13.8 Å². The SMILES string of the molecule is CCCOc1ccc(F)c(-c2ccc(/C=C/c3nc(-c4ccc(Cl)cc4Cl)cn3Cc3ccc(N4CC(=O)NS4(=O)=O)cc3)cc2)c1. The van der Waals surface area contributed by atoms with E-state index in [4.69, 9.17) is 32.9 Å². The van der Waals surface area contributed by atoms with Gasteiger partial charge >= 0.3 is 10.2 Å². The van der Waals surface area contributed by atoms with E-state index in [0.29, 0.717) is 57.3 Å². The van der Waals surface area contributed by atoms with E-state index >= 15 is 0 Å². The number of benzene rings is 4. The Bertz CT molecular complexity index is 2080. The minimum atomic E-state index is -3.90. The highest BCUT2D eigenvalue weighted by Crippen LogP contribution is 2.31. The number of hydrogen-bond donors (Lipinski definition) is 1. The Balaban J connectivity index is 1.27. The number of halogens is 3. The van der Waals surface area contributed by atoms with E-state index in [9.17, 15) is 17.6 Å². The van der Waals surface area contributed by atoms with E-state index in [0.717, 1.165) is 27.4 Å². The Labute approximate surface area is 282 Å². The first kappa shape index (κ1) is 32.3. The summed E-state index contributed by atoms with van der Waals surface area (Å²) in [6.45, 7) is 2.73. The van der Waals surface area contributed by atoms with Crippen LogP contribution in [-0.2, 0) is 21.5 Å². The van der Waals surface area contributed by atoms with Crippen LogP contribution in [-0.4, -0.2) is 37.0 Å². The largest absolute Gasteiger partial charge is 0.494 e. The highest BCUT2D eigenvalue weighted by atomic mass is 35.5. The van der Waals surface area contributed by atoms with Crippen molar-refractivity contribution >= 4 is 57.2 Å². The molecule has 12 heteroatoms. The van der Waals surface area contributed by atoms with Gasteiger partial charge in [0.05, 0.1) is 23.0 Å². The second-order valence-corrected chi connectivity index (χ2v) is 13.3. The van der Waals surface area contributed by atoms with E-state index in [1.54, 1.807) is 48.5 Å². The summed E-state index contributed by atoms with van der Waals surface area (Å²) in [6.07, 6.45) is 6.54. The van der Waals surface area contributed by atoms with E-state index in [-0.39, 0.29) is 12.4 Å². The summed E-state index contributed by atoms with van der Waals surface area (Å²) in [5.41, 5.74) is 4.70. The second kappa shape index (κ2) is 13.6. The molecule has 1 aliphatic heterocycles. The molecule has 0 spiro atoms. The number of imidazole rings is 1. The normalized spacial score (nSPS) is 14.1. The molecular formula is C35H29Cl2FN4O4S. The fourth-order valence-electron chi connectivity index (χ4n) is 5.14. The summed E-state index contributed by atoms with van der Waals surface area (Å²) in [6, 6.07) is 24.4. The standard InChI is InChI=1S/C35H29Cl2FN4O4S/c1-2-17-46-28-13-15-32(38)30(19-28)25-8-3-23(4-9-25)7-16-34-39-33(29-14-10-26(36)18-31(29)37)21-41(34)20-24-5-11-27(12-6-24)42-22-35(43)40-47(42,44)45/h3-16,18-19,21H,2,17,20,22H2,1H3,(H,40,43)/b16-7+. The molecule has 0 bridgehead atoms. The Morgan fingerprint density at radius 1 is 0.957 bits per heavy atom. The molecule has 8 nitrogen and oxygen atoms in total. The monoisotopic (exact) mass is 690 g/mol. The molecule has 0 unspecified atom stereocenters. The first-order chi connectivity index (χ1) is 22.6. The summed E-state index contributed by atoms with van der Waals surface area (Å²) in [4.78, 5) is 16.5. The van der Waals surface area contributed by atoms with E-state index in [2.05, 4.69) is 0 Å². The van der Waals surface area contributed by atoms with Crippen LogP contribution in [0.4, 0.5) is 10.1 Å². The molecular weight excluding hydrogens is 662 g/mol. The number of amides is 1. The van der Waals surface area contributed by atoms with Gasteiger partial charge in [-0.2, -0.15) is 8.42 Å². The molecule has 2 heterocycles. The lowest BCUT2D eigenvalue weighted by Gasteiger charge is -2.15. The second-order valence-electron chi connectivity index (χ2n) is 10.9. The number of carbonyl (C=O) groups excluding carboxylic acids is 1. The molecule has 47 heavy (non-hydrogen) atoms. The maximum Gasteiger partial charge on any atom is 0.326 e. The number of hydrogen-bond acceptors (Lipinski definition) is 5. The number of anilines is 1. The van der Waals surface area contributed by atoms with Gasteiger partial charge < -0.3 is 9.30 Å². The number of nitrogens with one attached hydrogen (secondary N) is 1. The summed E-state index contributed by atoms with van der Waals surface area (Å²) in [5, 5.41) is 0.975. The number of nitrogens with zero attached hydrogens (tertiary/aromatic N) is 3. The maximum absolute atomic E-state index is 14.7. The molecule has 1 amide bonds. The van der Waals surface area contributed by atoms with Crippen LogP contribution in [0.3, 0.4) is 0 Å². The highest BCUT2D eigenvalue weighted by molar-refractivity contribution is 7.92. The van der Waals surface area contributed by atoms with Crippen molar-refractivity contribution < 1.29 is 22.3 Å². The molecule has 1 aliphatic rings. The number of carbonyl (C=O) groups is 1. The van der Waals surface area contributed by atoms with Crippen LogP contribution in [0.25, 0.3) is 34.5 Å². The number of ether oxygens (including phenoxy) is 1. The minimum Gasteiger partial charge on any atom is -0.494 e. The molecule has 0 atom stereocenters. The van der Waals surface area contributed by atoms with Crippen molar-refractivity contribution in [1.29, 1.82) is 0 Å². The van der Waals surface area contributed by atoms with E-state index in [1.165, 1.54) is 6.07 Å². The fraction of sp³-hybridized carbons (Fsp3) is 0.143. The third kappa shape index (κ3) is 7.35. The van der Waals surface area contributed by atoms with Crippen molar-refractivity contribution in [3.8, 4) is 28.1 Å². The van der Waals surface area contributed by atoms with Crippen LogP contribution in [0.1, 0.15) is 30.3 Å². The lowest BCUT2D eigenvalue weighted by atomic mass is 10.0. The molecule has 1 saturated heterocycles. The van der Waals surface area contributed by atoms with Gasteiger partial charge in [-0.15, -0.1) is 0 Å². The summed E-state index contributed by atoms with van der Waals surface area (Å²) >= 11 is 12.6. The van der Waals surface area contributed by atoms with Crippen molar-refractivity contribution in [3.63, 3.8) is 0 Å². The predicted octanol–water partition coefficient (Wildman–Crippen LogP) is 7.85. The van der Waals surface area contributed by atoms with E-state index in [1.807, 2.05) is 64.9 Å². The average molecular weight is 692 g/mol. The Hall–Kier alpha value is -4.64. The van der Waals surface area contributed by atoms with E-state index < -0.39 is 16.1 Å². The molecule has 6 rings (SSSR count). The lowest BCUT2D eigenvalue weighted by molar-refractivity contribution is -0.117. The van der Waals surface area contributed by atoms with Crippen LogP contribution >= 0.6 is 23.2 Å².